The minimum absolute atomic E-state index is 0.0480. The number of nitrogens with one attached hydrogen (secondary N) is 1. The van der Waals surface area contributed by atoms with Crippen LogP contribution in [0, 0.1) is 19.8 Å². The van der Waals surface area contributed by atoms with Gasteiger partial charge in [-0.1, -0.05) is 29.8 Å². The monoisotopic (exact) mass is 424 g/mol. The molecular formula is C22H25ClN6O. The first kappa shape index (κ1) is 20.3. The molecule has 1 aliphatic heterocycles. The van der Waals surface area contributed by atoms with Gasteiger partial charge in [0.25, 0.3) is 0 Å². The van der Waals surface area contributed by atoms with Crippen LogP contribution in [-0.4, -0.2) is 39.0 Å². The minimum atomic E-state index is -0.0845. The molecule has 1 N–H and O–H groups in total. The number of halogens is 1. The van der Waals surface area contributed by atoms with Gasteiger partial charge in [-0.25, -0.2) is 4.68 Å². The number of anilines is 1. The first-order valence-corrected chi connectivity index (χ1v) is 10.5. The Morgan fingerprint density at radius 1 is 1.17 bits per heavy atom. The van der Waals surface area contributed by atoms with E-state index in [-0.39, 0.29) is 11.8 Å². The molecule has 1 aliphatic rings. The highest BCUT2D eigenvalue weighted by molar-refractivity contribution is 6.31. The first-order chi connectivity index (χ1) is 14.5. The summed E-state index contributed by atoms with van der Waals surface area (Å²) in [5, 5.41) is 16.9. The fourth-order valence-corrected chi connectivity index (χ4v) is 4.03. The van der Waals surface area contributed by atoms with E-state index in [2.05, 4.69) is 25.5 Å². The molecule has 7 nitrogen and oxygen atoms in total. The first-order valence-electron chi connectivity index (χ1n) is 10.1. The van der Waals surface area contributed by atoms with Gasteiger partial charge in [-0.05, 0) is 56.5 Å². The molecule has 0 spiro atoms. The second kappa shape index (κ2) is 8.83. The number of aryl methyl sites for hydroxylation is 2. The Balaban J connectivity index is 1.39. The molecule has 4 rings (SSSR count). The highest BCUT2D eigenvalue weighted by Gasteiger charge is 2.26. The fraction of sp³-hybridized carbons (Fsp3) is 0.364. The van der Waals surface area contributed by atoms with Crippen molar-refractivity contribution in [1.29, 1.82) is 0 Å². The molecule has 3 aromatic rings. The van der Waals surface area contributed by atoms with E-state index in [1.165, 1.54) is 0 Å². The molecule has 8 heteroatoms. The average molecular weight is 425 g/mol. The molecule has 1 atom stereocenters. The van der Waals surface area contributed by atoms with E-state index in [0.29, 0.717) is 23.9 Å². The third kappa shape index (κ3) is 4.46. The summed E-state index contributed by atoms with van der Waals surface area (Å²) < 4.78 is 1.78. The molecule has 0 saturated carbocycles. The Kier molecular flexibility index (Phi) is 5.99. The van der Waals surface area contributed by atoms with Gasteiger partial charge < -0.3 is 10.2 Å². The van der Waals surface area contributed by atoms with Crippen molar-refractivity contribution in [2.45, 2.75) is 33.2 Å². The second-order valence-corrected chi connectivity index (χ2v) is 8.09. The lowest BCUT2D eigenvalue weighted by Gasteiger charge is -2.32. The molecule has 2 aromatic heterocycles. The van der Waals surface area contributed by atoms with E-state index in [1.807, 2.05) is 56.3 Å². The highest BCUT2D eigenvalue weighted by Crippen LogP contribution is 2.22. The van der Waals surface area contributed by atoms with Gasteiger partial charge in [0.2, 0.25) is 5.91 Å². The number of amides is 1. The molecule has 3 heterocycles. The summed E-state index contributed by atoms with van der Waals surface area (Å²) in [6.07, 6.45) is 1.80. The Hall–Kier alpha value is -2.93. The van der Waals surface area contributed by atoms with Gasteiger partial charge >= 0.3 is 0 Å². The van der Waals surface area contributed by atoms with Crippen LogP contribution < -0.4 is 10.2 Å². The van der Waals surface area contributed by atoms with Crippen LogP contribution in [0.2, 0.25) is 5.02 Å². The van der Waals surface area contributed by atoms with Crippen LogP contribution >= 0.6 is 11.6 Å². The maximum Gasteiger partial charge on any atom is 0.225 e. The van der Waals surface area contributed by atoms with E-state index in [1.54, 1.807) is 4.68 Å². The lowest BCUT2D eigenvalue weighted by Crippen LogP contribution is -2.43. The van der Waals surface area contributed by atoms with Crippen LogP contribution in [0.5, 0.6) is 0 Å². The van der Waals surface area contributed by atoms with Crippen molar-refractivity contribution in [3.8, 4) is 5.82 Å². The predicted octanol–water partition coefficient (Wildman–Crippen LogP) is 3.47. The van der Waals surface area contributed by atoms with Crippen molar-refractivity contribution >= 4 is 23.3 Å². The van der Waals surface area contributed by atoms with Gasteiger partial charge in [-0.3, -0.25) is 4.79 Å². The zero-order valence-electron chi connectivity index (χ0n) is 17.2. The number of rotatable bonds is 5. The molecule has 1 unspecified atom stereocenters. The number of carbonyl (C=O) groups excluding carboxylic acids is 1. The van der Waals surface area contributed by atoms with E-state index < -0.39 is 0 Å². The van der Waals surface area contributed by atoms with Crippen LogP contribution in [0.15, 0.2) is 42.5 Å². The molecule has 1 fully saturated rings. The van der Waals surface area contributed by atoms with E-state index >= 15 is 0 Å². The summed E-state index contributed by atoms with van der Waals surface area (Å²) in [5.41, 5.74) is 2.88. The largest absolute Gasteiger partial charge is 0.354 e. The number of hydrogen-bond acceptors (Lipinski definition) is 5. The molecule has 0 radical (unpaired) electrons. The summed E-state index contributed by atoms with van der Waals surface area (Å²) in [4.78, 5) is 14.8. The molecule has 30 heavy (non-hydrogen) atoms. The third-order valence-corrected chi connectivity index (χ3v) is 5.76. The number of carbonyl (C=O) groups is 1. The van der Waals surface area contributed by atoms with Crippen molar-refractivity contribution in [2.24, 2.45) is 5.92 Å². The van der Waals surface area contributed by atoms with Crippen molar-refractivity contribution in [2.75, 3.05) is 18.0 Å². The number of hydrogen-bond donors (Lipinski definition) is 1. The van der Waals surface area contributed by atoms with Crippen molar-refractivity contribution in [3.63, 3.8) is 0 Å². The molecule has 0 bridgehead atoms. The van der Waals surface area contributed by atoms with Crippen LogP contribution in [0.4, 0.5) is 5.82 Å². The van der Waals surface area contributed by atoms with Crippen molar-refractivity contribution in [1.82, 2.24) is 25.3 Å². The normalized spacial score (nSPS) is 16.5. The standard InChI is InChI=1S/C22H25ClN6O/c1-15-12-16(2)29(27-15)21-10-9-20(25-26-21)28-11-5-7-18(14-28)22(30)24-13-17-6-3-4-8-19(17)23/h3-4,6,8-10,12,18H,5,7,11,13-14H2,1-2H3,(H,24,30). The number of benzene rings is 1. The average Bonchev–Trinajstić information content (AvgIpc) is 3.11. The van der Waals surface area contributed by atoms with Crippen LogP contribution in [0.25, 0.3) is 5.82 Å². The summed E-state index contributed by atoms with van der Waals surface area (Å²) in [7, 11) is 0. The minimum Gasteiger partial charge on any atom is -0.354 e. The van der Waals surface area contributed by atoms with Gasteiger partial charge in [0.05, 0.1) is 11.6 Å². The Bertz CT molecular complexity index is 1030. The Labute approximate surface area is 181 Å². The number of piperidine rings is 1. The molecule has 1 aromatic carbocycles. The molecule has 156 valence electrons. The van der Waals surface area contributed by atoms with Gasteiger partial charge in [0.15, 0.2) is 11.6 Å². The summed E-state index contributed by atoms with van der Waals surface area (Å²) in [6.45, 7) is 5.87. The summed E-state index contributed by atoms with van der Waals surface area (Å²) >= 11 is 6.18. The van der Waals surface area contributed by atoms with Gasteiger partial charge in [-0.15, -0.1) is 10.2 Å². The van der Waals surface area contributed by atoms with E-state index in [4.69, 9.17) is 11.6 Å². The number of aromatic nitrogens is 4. The zero-order valence-corrected chi connectivity index (χ0v) is 17.9. The molecular weight excluding hydrogens is 400 g/mol. The van der Waals surface area contributed by atoms with Gasteiger partial charge in [-0.2, -0.15) is 5.10 Å². The van der Waals surface area contributed by atoms with Crippen LogP contribution in [0.3, 0.4) is 0 Å². The zero-order chi connectivity index (χ0) is 21.1. The second-order valence-electron chi connectivity index (χ2n) is 7.68. The number of nitrogens with zero attached hydrogens (tertiary/aromatic N) is 5. The SMILES string of the molecule is Cc1cc(C)n(-c2ccc(N3CCCC(C(=O)NCc4ccccc4Cl)C3)nn2)n1. The Morgan fingerprint density at radius 2 is 1.93 bits per heavy atom. The molecule has 1 amide bonds. The van der Waals surface area contributed by atoms with Crippen LogP contribution in [0.1, 0.15) is 29.8 Å². The van der Waals surface area contributed by atoms with Gasteiger partial charge in [0.1, 0.15) is 0 Å². The van der Waals surface area contributed by atoms with E-state index in [9.17, 15) is 4.79 Å². The van der Waals surface area contributed by atoms with Gasteiger partial charge in [0, 0.05) is 30.4 Å². The lowest BCUT2D eigenvalue weighted by molar-refractivity contribution is -0.125. The lowest BCUT2D eigenvalue weighted by atomic mass is 9.97. The Morgan fingerprint density at radius 3 is 2.63 bits per heavy atom. The smallest absolute Gasteiger partial charge is 0.225 e. The van der Waals surface area contributed by atoms with Crippen LogP contribution in [-0.2, 0) is 11.3 Å². The topological polar surface area (TPSA) is 75.9 Å². The van der Waals surface area contributed by atoms with Crippen molar-refractivity contribution < 1.29 is 4.79 Å². The third-order valence-electron chi connectivity index (χ3n) is 5.39. The quantitative estimate of drug-likeness (QED) is 0.678. The summed E-state index contributed by atoms with van der Waals surface area (Å²) in [6, 6.07) is 13.4. The molecule has 1 saturated heterocycles. The maximum atomic E-state index is 12.7. The fourth-order valence-electron chi connectivity index (χ4n) is 3.83. The predicted molar refractivity (Wildman–Crippen MR) is 117 cm³/mol. The van der Waals surface area contributed by atoms with Crippen molar-refractivity contribution in [3.05, 3.63) is 64.4 Å². The maximum absolute atomic E-state index is 12.7. The highest BCUT2D eigenvalue weighted by atomic mass is 35.5. The van der Waals surface area contributed by atoms with E-state index in [0.717, 1.165) is 42.2 Å². The molecule has 0 aliphatic carbocycles. The summed E-state index contributed by atoms with van der Waals surface area (Å²) in [5.74, 6) is 1.44.